The molecule has 0 unspecified atom stereocenters. The number of rotatable bonds is 7. The third kappa shape index (κ3) is 3.44. The first-order chi connectivity index (χ1) is 9.70. The molecule has 0 aliphatic heterocycles. The average Bonchev–Trinajstić information content (AvgIpc) is 2.98. The summed E-state index contributed by atoms with van der Waals surface area (Å²) in [7, 11) is 3.83. The fourth-order valence-electron chi connectivity index (χ4n) is 2.98. The minimum atomic E-state index is 0.198. The molecule has 4 nitrogen and oxygen atoms in total. The molecule has 0 aromatic heterocycles. The first-order valence-electron chi connectivity index (χ1n) is 7.38. The second kappa shape index (κ2) is 6.95. The van der Waals surface area contributed by atoms with Gasteiger partial charge in [0.05, 0.1) is 7.11 Å². The fraction of sp³-hybridized carbons (Fsp3) is 0.625. The molecule has 112 valence electrons. The van der Waals surface area contributed by atoms with Gasteiger partial charge in [-0.2, -0.15) is 0 Å². The summed E-state index contributed by atoms with van der Waals surface area (Å²) in [6.45, 7) is 2.33. The normalized spacial score (nSPS) is 17.4. The molecule has 1 aromatic carbocycles. The van der Waals surface area contributed by atoms with Gasteiger partial charge in [-0.25, -0.2) is 0 Å². The van der Waals surface area contributed by atoms with Crippen molar-refractivity contribution >= 4 is 0 Å². The molecule has 1 fully saturated rings. The van der Waals surface area contributed by atoms with E-state index in [1.165, 1.54) is 25.7 Å². The SMILES string of the molecule is COc1ccc(OCCN(C)C2(CN)CCCC2)cc1. The van der Waals surface area contributed by atoms with Crippen LogP contribution in [0, 0.1) is 0 Å². The Balaban J connectivity index is 1.79. The van der Waals surface area contributed by atoms with Gasteiger partial charge in [0.1, 0.15) is 18.1 Å². The van der Waals surface area contributed by atoms with Crippen molar-refractivity contribution in [2.24, 2.45) is 5.73 Å². The van der Waals surface area contributed by atoms with Crippen molar-refractivity contribution in [1.82, 2.24) is 4.90 Å². The van der Waals surface area contributed by atoms with Crippen LogP contribution in [0.15, 0.2) is 24.3 Å². The quantitative estimate of drug-likeness (QED) is 0.831. The van der Waals surface area contributed by atoms with Crippen LogP contribution in [0.1, 0.15) is 25.7 Å². The molecule has 0 heterocycles. The summed E-state index contributed by atoms with van der Waals surface area (Å²) in [5.74, 6) is 1.73. The molecule has 0 spiro atoms. The van der Waals surface area contributed by atoms with Crippen molar-refractivity contribution in [3.8, 4) is 11.5 Å². The highest BCUT2D eigenvalue weighted by atomic mass is 16.5. The van der Waals surface area contributed by atoms with E-state index in [4.69, 9.17) is 15.2 Å². The van der Waals surface area contributed by atoms with Gasteiger partial charge in [-0.05, 0) is 44.2 Å². The van der Waals surface area contributed by atoms with Gasteiger partial charge in [0, 0.05) is 18.6 Å². The van der Waals surface area contributed by atoms with Gasteiger partial charge < -0.3 is 15.2 Å². The third-order valence-electron chi connectivity index (χ3n) is 4.48. The van der Waals surface area contributed by atoms with E-state index in [-0.39, 0.29) is 5.54 Å². The molecular formula is C16H26N2O2. The lowest BCUT2D eigenvalue weighted by atomic mass is 9.96. The summed E-state index contributed by atoms with van der Waals surface area (Å²) in [6.07, 6.45) is 5.01. The fourth-order valence-corrected chi connectivity index (χ4v) is 2.98. The highest BCUT2D eigenvalue weighted by Gasteiger charge is 2.35. The Labute approximate surface area is 121 Å². The lowest BCUT2D eigenvalue weighted by molar-refractivity contribution is 0.110. The number of hydrogen-bond donors (Lipinski definition) is 1. The Hall–Kier alpha value is -1.26. The zero-order valence-electron chi connectivity index (χ0n) is 12.6. The van der Waals surface area contributed by atoms with Gasteiger partial charge in [-0.1, -0.05) is 12.8 Å². The summed E-state index contributed by atoms with van der Waals surface area (Å²) >= 11 is 0. The van der Waals surface area contributed by atoms with Gasteiger partial charge in [-0.15, -0.1) is 0 Å². The first-order valence-corrected chi connectivity index (χ1v) is 7.38. The van der Waals surface area contributed by atoms with Gasteiger partial charge >= 0.3 is 0 Å². The summed E-state index contributed by atoms with van der Waals surface area (Å²) < 4.78 is 10.9. The molecule has 4 heteroatoms. The third-order valence-corrected chi connectivity index (χ3v) is 4.48. The number of methoxy groups -OCH3 is 1. The monoisotopic (exact) mass is 278 g/mol. The molecule has 0 saturated heterocycles. The molecule has 1 saturated carbocycles. The molecular weight excluding hydrogens is 252 g/mol. The molecule has 2 rings (SSSR count). The van der Waals surface area contributed by atoms with E-state index in [0.29, 0.717) is 6.61 Å². The van der Waals surface area contributed by atoms with Gasteiger partial charge in [0.2, 0.25) is 0 Å². The Morgan fingerprint density at radius 2 is 1.75 bits per heavy atom. The number of ether oxygens (including phenoxy) is 2. The van der Waals surface area contributed by atoms with E-state index < -0.39 is 0 Å². The average molecular weight is 278 g/mol. The van der Waals surface area contributed by atoms with Crippen LogP contribution in [-0.2, 0) is 0 Å². The summed E-state index contributed by atoms with van der Waals surface area (Å²) in [5, 5.41) is 0. The maximum absolute atomic E-state index is 5.99. The number of nitrogens with two attached hydrogens (primary N) is 1. The predicted molar refractivity (Wildman–Crippen MR) is 81.4 cm³/mol. The van der Waals surface area contributed by atoms with E-state index in [2.05, 4.69) is 11.9 Å². The summed E-state index contributed by atoms with van der Waals surface area (Å²) in [5.41, 5.74) is 6.19. The maximum Gasteiger partial charge on any atom is 0.119 e. The highest BCUT2D eigenvalue weighted by molar-refractivity contribution is 5.31. The summed E-state index contributed by atoms with van der Waals surface area (Å²) in [6, 6.07) is 7.70. The van der Waals surface area contributed by atoms with Crippen molar-refractivity contribution in [3.63, 3.8) is 0 Å². The zero-order valence-corrected chi connectivity index (χ0v) is 12.6. The molecule has 2 N–H and O–H groups in total. The van der Waals surface area contributed by atoms with E-state index in [0.717, 1.165) is 24.6 Å². The van der Waals surface area contributed by atoms with Crippen molar-refractivity contribution in [1.29, 1.82) is 0 Å². The molecule has 20 heavy (non-hydrogen) atoms. The summed E-state index contributed by atoms with van der Waals surface area (Å²) in [4.78, 5) is 2.38. The van der Waals surface area contributed by atoms with Gasteiger partial charge in [0.15, 0.2) is 0 Å². The van der Waals surface area contributed by atoms with Gasteiger partial charge in [0.25, 0.3) is 0 Å². The predicted octanol–water partition coefficient (Wildman–Crippen LogP) is 2.28. The van der Waals surface area contributed by atoms with Gasteiger partial charge in [-0.3, -0.25) is 4.90 Å². The van der Waals surface area contributed by atoms with Crippen LogP contribution < -0.4 is 15.2 Å². The maximum atomic E-state index is 5.99. The van der Waals surface area contributed by atoms with E-state index in [9.17, 15) is 0 Å². The molecule has 0 bridgehead atoms. The lowest BCUT2D eigenvalue weighted by Gasteiger charge is -2.37. The number of hydrogen-bond acceptors (Lipinski definition) is 4. The smallest absolute Gasteiger partial charge is 0.119 e. The molecule has 0 atom stereocenters. The lowest BCUT2D eigenvalue weighted by Crippen LogP contribution is -2.51. The number of nitrogens with zero attached hydrogens (tertiary/aromatic N) is 1. The number of benzene rings is 1. The van der Waals surface area contributed by atoms with E-state index >= 15 is 0 Å². The molecule has 1 aliphatic rings. The van der Waals surface area contributed by atoms with Crippen molar-refractivity contribution in [2.45, 2.75) is 31.2 Å². The van der Waals surface area contributed by atoms with Crippen molar-refractivity contribution in [2.75, 3.05) is 33.9 Å². The second-order valence-corrected chi connectivity index (χ2v) is 5.58. The van der Waals surface area contributed by atoms with Crippen LogP contribution in [-0.4, -0.2) is 44.3 Å². The van der Waals surface area contributed by atoms with Crippen LogP contribution in [0.3, 0.4) is 0 Å². The van der Waals surface area contributed by atoms with Crippen molar-refractivity contribution < 1.29 is 9.47 Å². The zero-order chi connectivity index (χ0) is 14.4. The van der Waals surface area contributed by atoms with E-state index in [1.54, 1.807) is 7.11 Å². The van der Waals surface area contributed by atoms with Crippen LogP contribution >= 0.6 is 0 Å². The van der Waals surface area contributed by atoms with Crippen molar-refractivity contribution in [3.05, 3.63) is 24.3 Å². The Kier molecular flexibility index (Phi) is 5.26. The number of likely N-dealkylation sites (N-methyl/N-ethyl adjacent to an activating group) is 1. The highest BCUT2D eigenvalue weighted by Crippen LogP contribution is 2.33. The minimum absolute atomic E-state index is 0.198. The second-order valence-electron chi connectivity index (χ2n) is 5.58. The Morgan fingerprint density at radius 1 is 1.15 bits per heavy atom. The minimum Gasteiger partial charge on any atom is -0.497 e. The molecule has 0 amide bonds. The Bertz CT molecular complexity index is 399. The van der Waals surface area contributed by atoms with Crippen LogP contribution in [0.2, 0.25) is 0 Å². The topological polar surface area (TPSA) is 47.7 Å². The Morgan fingerprint density at radius 3 is 2.30 bits per heavy atom. The first kappa shape index (κ1) is 15.1. The van der Waals surface area contributed by atoms with Crippen LogP contribution in [0.4, 0.5) is 0 Å². The largest absolute Gasteiger partial charge is 0.497 e. The van der Waals surface area contributed by atoms with E-state index in [1.807, 2.05) is 24.3 Å². The van der Waals surface area contributed by atoms with Crippen LogP contribution in [0.5, 0.6) is 11.5 Å². The standard InChI is InChI=1S/C16H26N2O2/c1-18(16(13-17)9-3-4-10-16)11-12-20-15-7-5-14(19-2)6-8-15/h5-8H,3-4,9-13,17H2,1-2H3. The molecule has 1 aliphatic carbocycles. The molecule has 0 radical (unpaired) electrons. The van der Waals surface area contributed by atoms with Crippen LogP contribution in [0.25, 0.3) is 0 Å². The molecule has 1 aromatic rings.